The van der Waals surface area contributed by atoms with Gasteiger partial charge in [0, 0.05) is 6.08 Å². The molecule has 0 aromatic rings. The number of nitrogens with two attached hydrogens (primary N) is 1. The number of nitrogens with zero attached hydrogens (tertiary/aromatic N) is 2. The average molecular weight is 143 g/mol. The van der Waals surface area contributed by atoms with Gasteiger partial charge in [0.05, 0.1) is 6.42 Å². The van der Waals surface area contributed by atoms with Crippen LogP contribution in [0.5, 0.6) is 0 Å². The average Bonchev–Trinajstić information content (AvgIpc) is 2.34. The molecule has 1 heterocycles. The number of rotatable bonds is 1. The highest BCUT2D eigenvalue weighted by Crippen LogP contribution is 2.11. The summed E-state index contributed by atoms with van der Waals surface area (Å²) >= 11 is 0. The Bertz CT molecular complexity index is 220. The number of hydrogen-bond donors (Lipinski definition) is 1. The summed E-state index contributed by atoms with van der Waals surface area (Å²) in [5.41, 5.74) is 0. The van der Waals surface area contributed by atoms with Gasteiger partial charge in [0.25, 0.3) is 0 Å². The molecule has 1 aliphatic rings. The first-order valence-electron chi connectivity index (χ1n) is 2.53. The summed E-state index contributed by atoms with van der Waals surface area (Å²) in [6.07, 6.45) is 1.61. The summed E-state index contributed by atoms with van der Waals surface area (Å²) in [5, 5.41) is 13.1. The van der Waals surface area contributed by atoms with E-state index in [1.165, 1.54) is 6.08 Å². The molecular formula is C4H5N3O3. The molecule has 2 N–H and O–H groups in total. The zero-order chi connectivity index (χ0) is 7.56. The minimum absolute atomic E-state index is 0.173. The van der Waals surface area contributed by atoms with Crippen molar-refractivity contribution in [1.29, 1.82) is 0 Å². The molecule has 1 aliphatic heterocycles. The van der Waals surface area contributed by atoms with Crippen molar-refractivity contribution in [3.05, 3.63) is 22.1 Å². The molecule has 0 radical (unpaired) electrons. The first-order chi connectivity index (χ1) is 4.74. The number of nitro groups is 1. The molecule has 0 spiro atoms. The topological polar surface area (TPSA) is 90.8 Å². The van der Waals surface area contributed by atoms with E-state index in [-0.39, 0.29) is 11.8 Å². The van der Waals surface area contributed by atoms with Crippen molar-refractivity contribution in [2.24, 2.45) is 10.9 Å². The molecule has 0 amide bonds. The van der Waals surface area contributed by atoms with Gasteiger partial charge < -0.3 is 10.6 Å². The Morgan fingerprint density at radius 2 is 2.60 bits per heavy atom. The van der Waals surface area contributed by atoms with Gasteiger partial charge in [0.1, 0.15) is 4.92 Å². The molecule has 0 aromatic carbocycles. The van der Waals surface area contributed by atoms with Crippen molar-refractivity contribution < 1.29 is 9.66 Å². The molecule has 0 aliphatic carbocycles. The molecule has 0 saturated heterocycles. The van der Waals surface area contributed by atoms with E-state index in [2.05, 4.69) is 9.84 Å². The van der Waals surface area contributed by atoms with Crippen molar-refractivity contribution in [2.75, 3.05) is 0 Å². The molecule has 10 heavy (non-hydrogen) atoms. The predicted molar refractivity (Wildman–Crippen MR) is 32.4 cm³/mol. The first kappa shape index (κ1) is 6.53. The van der Waals surface area contributed by atoms with Gasteiger partial charge in [-0.25, -0.2) is 0 Å². The third kappa shape index (κ3) is 1.04. The van der Waals surface area contributed by atoms with Crippen molar-refractivity contribution in [1.82, 2.24) is 0 Å². The summed E-state index contributed by atoms with van der Waals surface area (Å²) in [6, 6.07) is 0. The zero-order valence-electron chi connectivity index (χ0n) is 4.98. The van der Waals surface area contributed by atoms with Crippen LogP contribution in [-0.4, -0.2) is 10.8 Å². The predicted octanol–water partition coefficient (Wildman–Crippen LogP) is -0.203. The molecule has 1 rings (SSSR count). The Labute approximate surface area is 56.1 Å². The monoisotopic (exact) mass is 143 g/mol. The van der Waals surface area contributed by atoms with Crippen LogP contribution in [0.1, 0.15) is 6.42 Å². The molecule has 0 unspecified atom stereocenters. The molecule has 54 valence electrons. The van der Waals surface area contributed by atoms with Crippen LogP contribution in [0.4, 0.5) is 0 Å². The second-order valence-corrected chi connectivity index (χ2v) is 1.63. The van der Waals surface area contributed by atoms with Gasteiger partial charge in [-0.3, -0.25) is 10.1 Å². The maximum Gasteiger partial charge on any atom is 0.430 e. The number of ether oxygens (including phenoxy) is 1. The fourth-order valence-electron chi connectivity index (χ4n) is 0.570. The molecular weight excluding hydrogens is 138 g/mol. The third-order valence-corrected chi connectivity index (χ3v) is 0.998. The fourth-order valence-corrected chi connectivity index (χ4v) is 0.570. The number of hydrogen-bond acceptors (Lipinski definition) is 5. The Morgan fingerprint density at radius 3 is 2.90 bits per heavy atom. The van der Waals surface area contributed by atoms with Gasteiger partial charge >= 0.3 is 5.88 Å². The summed E-state index contributed by atoms with van der Waals surface area (Å²) in [5.74, 6) is 4.67. The van der Waals surface area contributed by atoms with Crippen LogP contribution in [0.25, 0.3) is 0 Å². The second-order valence-electron chi connectivity index (χ2n) is 1.63. The van der Waals surface area contributed by atoms with E-state index in [1.54, 1.807) is 0 Å². The highest BCUT2D eigenvalue weighted by atomic mass is 16.7. The Kier molecular flexibility index (Phi) is 1.53. The molecule has 0 atom stereocenters. The lowest BCUT2D eigenvalue weighted by molar-refractivity contribution is -0.454. The van der Waals surface area contributed by atoms with Crippen LogP contribution < -0.4 is 5.84 Å². The Balaban J connectivity index is 2.64. The Morgan fingerprint density at radius 1 is 1.90 bits per heavy atom. The minimum Gasteiger partial charge on any atom is -0.385 e. The SMILES string of the molecule is NN=C1CC=C([N+](=O)[O-])O1. The normalized spacial score (nSPS) is 20.4. The molecule has 0 bridgehead atoms. The van der Waals surface area contributed by atoms with E-state index >= 15 is 0 Å². The van der Waals surface area contributed by atoms with Gasteiger partial charge in [-0.05, 0) is 0 Å². The second kappa shape index (κ2) is 2.34. The van der Waals surface area contributed by atoms with E-state index in [0.717, 1.165) is 0 Å². The van der Waals surface area contributed by atoms with Crippen LogP contribution in [-0.2, 0) is 4.74 Å². The van der Waals surface area contributed by atoms with Gasteiger partial charge in [0.15, 0.2) is 0 Å². The number of hydrazone groups is 1. The summed E-state index contributed by atoms with van der Waals surface area (Å²) in [6.45, 7) is 0. The maximum absolute atomic E-state index is 9.98. The summed E-state index contributed by atoms with van der Waals surface area (Å²) < 4.78 is 4.56. The lowest BCUT2D eigenvalue weighted by atomic mass is 10.4. The molecule has 0 aromatic heterocycles. The van der Waals surface area contributed by atoms with Gasteiger partial charge in [-0.2, -0.15) is 0 Å². The van der Waals surface area contributed by atoms with E-state index < -0.39 is 4.92 Å². The molecule has 6 heteroatoms. The van der Waals surface area contributed by atoms with Crippen LogP contribution >= 0.6 is 0 Å². The van der Waals surface area contributed by atoms with Crippen molar-refractivity contribution >= 4 is 5.90 Å². The Hall–Kier alpha value is -1.59. The standard InChI is InChI=1S/C4H5N3O3/c5-6-3-1-2-4(10-3)7(8)9/h2H,1,5H2. The highest BCUT2D eigenvalue weighted by molar-refractivity contribution is 5.80. The van der Waals surface area contributed by atoms with Gasteiger partial charge in [-0.15, -0.1) is 5.10 Å². The molecule has 0 saturated carbocycles. The van der Waals surface area contributed by atoms with Crippen LogP contribution in [0.15, 0.2) is 17.1 Å². The summed E-state index contributed by atoms with van der Waals surface area (Å²) in [4.78, 5) is 9.35. The highest BCUT2D eigenvalue weighted by Gasteiger charge is 2.22. The van der Waals surface area contributed by atoms with Crippen LogP contribution in [0.3, 0.4) is 0 Å². The van der Waals surface area contributed by atoms with Gasteiger partial charge in [-0.1, -0.05) is 0 Å². The lowest BCUT2D eigenvalue weighted by Crippen LogP contribution is -2.04. The van der Waals surface area contributed by atoms with Crippen LogP contribution in [0.2, 0.25) is 0 Å². The van der Waals surface area contributed by atoms with E-state index in [1.807, 2.05) is 0 Å². The third-order valence-electron chi connectivity index (χ3n) is 0.998. The minimum atomic E-state index is -0.627. The van der Waals surface area contributed by atoms with Crippen molar-refractivity contribution in [2.45, 2.75) is 6.42 Å². The van der Waals surface area contributed by atoms with Crippen molar-refractivity contribution in [3.8, 4) is 0 Å². The largest absolute Gasteiger partial charge is 0.430 e. The molecule has 6 nitrogen and oxygen atoms in total. The maximum atomic E-state index is 9.98. The summed E-state index contributed by atoms with van der Waals surface area (Å²) in [7, 11) is 0. The van der Waals surface area contributed by atoms with E-state index in [9.17, 15) is 10.1 Å². The lowest BCUT2D eigenvalue weighted by Gasteiger charge is -1.92. The van der Waals surface area contributed by atoms with Crippen molar-refractivity contribution in [3.63, 3.8) is 0 Å². The van der Waals surface area contributed by atoms with Crippen LogP contribution in [0, 0.1) is 10.1 Å². The molecule has 0 fully saturated rings. The first-order valence-corrected chi connectivity index (χ1v) is 2.53. The van der Waals surface area contributed by atoms with Gasteiger partial charge in [0.2, 0.25) is 5.90 Å². The van der Waals surface area contributed by atoms with E-state index in [0.29, 0.717) is 6.42 Å². The zero-order valence-corrected chi connectivity index (χ0v) is 4.98. The fraction of sp³-hybridized carbons (Fsp3) is 0.250. The smallest absolute Gasteiger partial charge is 0.385 e. The quantitative estimate of drug-likeness (QED) is 0.312. The van der Waals surface area contributed by atoms with E-state index in [4.69, 9.17) is 5.84 Å².